The van der Waals surface area contributed by atoms with E-state index in [0.717, 1.165) is 11.3 Å². The van der Waals surface area contributed by atoms with Gasteiger partial charge in [0.25, 0.3) is 0 Å². The molecule has 0 unspecified atom stereocenters. The monoisotopic (exact) mass is 159 g/mol. The van der Waals surface area contributed by atoms with E-state index in [9.17, 15) is 4.79 Å². The molecule has 1 aliphatic heterocycles. The first-order valence-corrected chi connectivity index (χ1v) is 3.97. The van der Waals surface area contributed by atoms with Crippen molar-refractivity contribution in [1.82, 2.24) is 0 Å². The number of aliphatic imine (C=N–C) groups is 1. The average molecular weight is 159 g/mol. The molecular formula is C10H9NO. The highest BCUT2D eigenvalue weighted by molar-refractivity contribution is 6.15. The molecule has 0 atom stereocenters. The number of benzene rings is 1. The van der Waals surface area contributed by atoms with Gasteiger partial charge in [0.15, 0.2) is 5.78 Å². The summed E-state index contributed by atoms with van der Waals surface area (Å²) in [5.41, 5.74) is 2.00. The molecule has 0 radical (unpaired) electrons. The molecule has 0 fully saturated rings. The molecule has 0 N–H and O–H groups in total. The van der Waals surface area contributed by atoms with Gasteiger partial charge in [-0.25, -0.2) is 0 Å². The van der Waals surface area contributed by atoms with Crippen LogP contribution in [0, 0.1) is 0 Å². The van der Waals surface area contributed by atoms with Crippen LogP contribution in [0.15, 0.2) is 35.3 Å². The predicted molar refractivity (Wildman–Crippen MR) is 47.5 cm³/mol. The zero-order valence-electron chi connectivity index (χ0n) is 6.66. The first kappa shape index (κ1) is 7.22. The Morgan fingerprint density at radius 2 is 1.92 bits per heavy atom. The summed E-state index contributed by atoms with van der Waals surface area (Å²) in [7, 11) is 0. The molecule has 2 heteroatoms. The third-order valence-electron chi connectivity index (χ3n) is 1.92. The molecule has 0 saturated carbocycles. The van der Waals surface area contributed by atoms with E-state index in [1.54, 1.807) is 0 Å². The number of ketones is 1. The summed E-state index contributed by atoms with van der Waals surface area (Å²) in [6.45, 7) is 0.365. The van der Waals surface area contributed by atoms with Crippen molar-refractivity contribution in [2.45, 2.75) is 6.42 Å². The van der Waals surface area contributed by atoms with Gasteiger partial charge in [0, 0.05) is 5.71 Å². The van der Waals surface area contributed by atoms with E-state index in [4.69, 9.17) is 0 Å². The van der Waals surface area contributed by atoms with Gasteiger partial charge < -0.3 is 0 Å². The quantitative estimate of drug-likeness (QED) is 0.609. The maximum Gasteiger partial charge on any atom is 0.160 e. The number of hydrogen-bond acceptors (Lipinski definition) is 2. The summed E-state index contributed by atoms with van der Waals surface area (Å²) in [6, 6.07) is 9.84. The van der Waals surface area contributed by atoms with Crippen LogP contribution in [0.2, 0.25) is 0 Å². The predicted octanol–water partition coefficient (Wildman–Crippen LogP) is 1.45. The Hall–Kier alpha value is -1.44. The van der Waals surface area contributed by atoms with E-state index in [1.165, 1.54) is 0 Å². The fraction of sp³-hybridized carbons (Fsp3) is 0.200. The van der Waals surface area contributed by atoms with Gasteiger partial charge in [-0.3, -0.25) is 9.79 Å². The normalized spacial score (nSPS) is 16.3. The number of nitrogens with zero attached hydrogens (tertiary/aromatic N) is 1. The zero-order valence-corrected chi connectivity index (χ0v) is 6.66. The number of carbonyl (C=O) groups is 1. The number of carbonyl (C=O) groups excluding carboxylic acids is 1. The molecule has 1 aromatic carbocycles. The molecule has 60 valence electrons. The maximum atomic E-state index is 10.9. The lowest BCUT2D eigenvalue weighted by atomic mass is 10.1. The molecule has 2 rings (SSSR count). The first-order valence-electron chi connectivity index (χ1n) is 3.97. The van der Waals surface area contributed by atoms with Gasteiger partial charge in [0.05, 0.1) is 13.0 Å². The summed E-state index contributed by atoms with van der Waals surface area (Å²) in [4.78, 5) is 15.1. The maximum absolute atomic E-state index is 10.9. The minimum Gasteiger partial charge on any atom is -0.297 e. The molecule has 0 amide bonds. The lowest BCUT2D eigenvalue weighted by Crippen LogP contribution is -2.00. The van der Waals surface area contributed by atoms with Crippen molar-refractivity contribution in [3.8, 4) is 0 Å². The minimum atomic E-state index is 0.217. The molecular weight excluding hydrogens is 150 g/mol. The van der Waals surface area contributed by atoms with Crippen LogP contribution in [-0.4, -0.2) is 18.0 Å². The van der Waals surface area contributed by atoms with Crippen molar-refractivity contribution >= 4 is 11.5 Å². The van der Waals surface area contributed by atoms with Gasteiger partial charge in [-0.15, -0.1) is 0 Å². The van der Waals surface area contributed by atoms with Gasteiger partial charge in [-0.1, -0.05) is 30.3 Å². The summed E-state index contributed by atoms with van der Waals surface area (Å²) >= 11 is 0. The largest absolute Gasteiger partial charge is 0.297 e. The number of rotatable bonds is 1. The third kappa shape index (κ3) is 1.28. The Bertz CT molecular complexity index is 327. The van der Waals surface area contributed by atoms with Crippen molar-refractivity contribution in [1.29, 1.82) is 0 Å². The van der Waals surface area contributed by atoms with Crippen LogP contribution in [-0.2, 0) is 4.79 Å². The van der Waals surface area contributed by atoms with Gasteiger partial charge in [0.1, 0.15) is 0 Å². The highest BCUT2D eigenvalue weighted by atomic mass is 16.1. The van der Waals surface area contributed by atoms with E-state index in [2.05, 4.69) is 4.99 Å². The summed E-state index contributed by atoms with van der Waals surface area (Å²) < 4.78 is 0. The number of Topliss-reactive ketones (excluding diaryl/α,β-unsaturated/α-hetero) is 1. The van der Waals surface area contributed by atoms with Gasteiger partial charge >= 0.3 is 0 Å². The van der Waals surface area contributed by atoms with Crippen molar-refractivity contribution in [2.75, 3.05) is 6.54 Å². The summed E-state index contributed by atoms with van der Waals surface area (Å²) in [5, 5.41) is 0. The van der Waals surface area contributed by atoms with Crippen molar-refractivity contribution in [3.63, 3.8) is 0 Å². The van der Waals surface area contributed by atoms with Crippen LogP contribution >= 0.6 is 0 Å². The second kappa shape index (κ2) is 2.89. The standard InChI is InChI=1S/C10H9NO/c12-9-6-10(11-7-9)8-4-2-1-3-5-8/h1-5H,6-7H2. The second-order valence-electron chi connectivity index (χ2n) is 2.84. The van der Waals surface area contributed by atoms with E-state index in [1.807, 2.05) is 30.3 Å². The summed E-state index contributed by atoms with van der Waals surface area (Å²) in [5.74, 6) is 0.217. The minimum absolute atomic E-state index is 0.217. The fourth-order valence-corrected chi connectivity index (χ4v) is 1.31. The van der Waals surface area contributed by atoms with Crippen LogP contribution < -0.4 is 0 Å². The van der Waals surface area contributed by atoms with Crippen molar-refractivity contribution in [2.24, 2.45) is 4.99 Å². The van der Waals surface area contributed by atoms with Crippen LogP contribution in [0.25, 0.3) is 0 Å². The van der Waals surface area contributed by atoms with E-state index < -0.39 is 0 Å². The lowest BCUT2D eigenvalue weighted by molar-refractivity contribution is -0.116. The highest BCUT2D eigenvalue weighted by Gasteiger charge is 2.15. The molecule has 1 aliphatic rings. The molecule has 1 aromatic rings. The van der Waals surface area contributed by atoms with Crippen LogP contribution in [0.5, 0.6) is 0 Å². The Morgan fingerprint density at radius 3 is 2.50 bits per heavy atom. The molecule has 0 aliphatic carbocycles. The highest BCUT2D eigenvalue weighted by Crippen LogP contribution is 2.09. The van der Waals surface area contributed by atoms with E-state index in [-0.39, 0.29) is 5.78 Å². The smallest absolute Gasteiger partial charge is 0.160 e. The second-order valence-corrected chi connectivity index (χ2v) is 2.84. The topological polar surface area (TPSA) is 29.4 Å². The van der Waals surface area contributed by atoms with Gasteiger partial charge in [-0.2, -0.15) is 0 Å². The van der Waals surface area contributed by atoms with Gasteiger partial charge in [-0.05, 0) is 5.56 Å². The zero-order chi connectivity index (χ0) is 8.39. The third-order valence-corrected chi connectivity index (χ3v) is 1.92. The molecule has 2 nitrogen and oxygen atoms in total. The van der Waals surface area contributed by atoms with E-state index >= 15 is 0 Å². The summed E-state index contributed by atoms with van der Waals surface area (Å²) in [6.07, 6.45) is 0.504. The Kier molecular flexibility index (Phi) is 1.74. The van der Waals surface area contributed by atoms with Crippen molar-refractivity contribution in [3.05, 3.63) is 35.9 Å². The molecule has 0 aromatic heterocycles. The van der Waals surface area contributed by atoms with Crippen LogP contribution in [0.1, 0.15) is 12.0 Å². The molecule has 0 bridgehead atoms. The number of hydrogen-bond donors (Lipinski definition) is 0. The van der Waals surface area contributed by atoms with E-state index in [0.29, 0.717) is 13.0 Å². The lowest BCUT2D eigenvalue weighted by Gasteiger charge is -1.96. The van der Waals surface area contributed by atoms with Gasteiger partial charge in [0.2, 0.25) is 0 Å². The first-order chi connectivity index (χ1) is 5.86. The van der Waals surface area contributed by atoms with Crippen molar-refractivity contribution < 1.29 is 4.79 Å². The SMILES string of the molecule is O=C1CN=C(c2ccccc2)C1. The Labute approximate surface area is 70.9 Å². The molecule has 0 saturated heterocycles. The Balaban J connectivity index is 2.28. The fourth-order valence-electron chi connectivity index (χ4n) is 1.31. The van der Waals surface area contributed by atoms with Crippen LogP contribution in [0.4, 0.5) is 0 Å². The molecule has 1 heterocycles. The average Bonchev–Trinajstić information content (AvgIpc) is 2.54. The van der Waals surface area contributed by atoms with Crippen LogP contribution in [0.3, 0.4) is 0 Å². The molecule has 12 heavy (non-hydrogen) atoms. The Morgan fingerprint density at radius 1 is 1.17 bits per heavy atom. The molecule has 0 spiro atoms.